The summed E-state index contributed by atoms with van der Waals surface area (Å²) in [7, 11) is -1.12. The number of carbonyl (C=O) groups is 1. The lowest BCUT2D eigenvalue weighted by Crippen LogP contribution is -2.52. The summed E-state index contributed by atoms with van der Waals surface area (Å²) in [5, 5.41) is 5.63. The van der Waals surface area contributed by atoms with Gasteiger partial charge in [-0.15, -0.1) is 0 Å². The van der Waals surface area contributed by atoms with Gasteiger partial charge < -0.3 is 18.9 Å². The van der Waals surface area contributed by atoms with Gasteiger partial charge in [-0.2, -0.15) is 5.10 Å². The fourth-order valence-corrected chi connectivity index (χ4v) is 5.76. The smallest absolute Gasteiger partial charge is 0.410 e. The van der Waals surface area contributed by atoms with Crippen molar-refractivity contribution in [2.75, 3.05) is 32.8 Å². The van der Waals surface area contributed by atoms with E-state index in [4.69, 9.17) is 9.47 Å². The molecule has 218 valence electrons. The van der Waals surface area contributed by atoms with Gasteiger partial charge in [-0.3, -0.25) is 9.58 Å². The average Bonchev–Trinajstić information content (AvgIpc) is 3.61. The van der Waals surface area contributed by atoms with Crippen LogP contribution in [0.1, 0.15) is 12.5 Å². The Labute approximate surface area is 242 Å². The highest BCUT2D eigenvalue weighted by atomic mass is 28.3. The van der Waals surface area contributed by atoms with Gasteiger partial charge in [0.05, 0.1) is 18.4 Å². The summed E-state index contributed by atoms with van der Waals surface area (Å²) in [5.41, 5.74) is 3.70. The standard InChI is InChI=1S/C30H41N7O3Si/c1-24(34-12-14-35(15-13-34)30(38)40-21-25-8-6-5-7-9-25)19-37-20-26(18-33-37)28-27-10-11-36(29(27)32-22-31-28)23-39-16-17-41(2,3)4/h5-11,18,20,22,24H,12-17,19,21,23H2,1-4H3. The number of aromatic nitrogens is 5. The number of ether oxygens (including phenoxy) is 2. The number of fused-ring (bicyclic) bond motifs is 1. The maximum Gasteiger partial charge on any atom is 0.410 e. The second kappa shape index (κ2) is 13.0. The van der Waals surface area contributed by atoms with Gasteiger partial charge in [0, 0.05) is 70.2 Å². The number of hydrogen-bond acceptors (Lipinski definition) is 7. The van der Waals surface area contributed by atoms with Crippen LogP contribution in [-0.4, -0.2) is 87.1 Å². The lowest BCUT2D eigenvalue weighted by Gasteiger charge is -2.37. The minimum absolute atomic E-state index is 0.249. The zero-order chi connectivity index (χ0) is 28.8. The van der Waals surface area contributed by atoms with Crippen LogP contribution in [0.2, 0.25) is 25.7 Å². The topological polar surface area (TPSA) is 90.5 Å². The van der Waals surface area contributed by atoms with Crippen LogP contribution in [0.25, 0.3) is 22.3 Å². The molecule has 1 atom stereocenters. The van der Waals surface area contributed by atoms with Crippen LogP contribution in [0.15, 0.2) is 61.3 Å². The van der Waals surface area contributed by atoms with Gasteiger partial charge in [-0.25, -0.2) is 14.8 Å². The van der Waals surface area contributed by atoms with Crippen molar-refractivity contribution < 1.29 is 14.3 Å². The molecule has 41 heavy (non-hydrogen) atoms. The highest BCUT2D eigenvalue weighted by Crippen LogP contribution is 2.26. The van der Waals surface area contributed by atoms with Crippen molar-refractivity contribution in [3.05, 3.63) is 66.9 Å². The van der Waals surface area contributed by atoms with Crippen molar-refractivity contribution in [1.82, 2.24) is 34.1 Å². The van der Waals surface area contributed by atoms with E-state index in [1.165, 1.54) is 0 Å². The third-order valence-electron chi connectivity index (χ3n) is 7.54. The fourth-order valence-electron chi connectivity index (χ4n) is 5.01. The summed E-state index contributed by atoms with van der Waals surface area (Å²) >= 11 is 0. The Balaban J connectivity index is 1.13. The Bertz CT molecular complexity index is 1420. The SMILES string of the molecule is CC(Cn1cc(-c2ncnc3c2ccn3COCC[Si](C)(C)C)cn1)N1CCN(C(=O)OCc2ccccc2)CC1. The van der Waals surface area contributed by atoms with E-state index in [-0.39, 0.29) is 12.1 Å². The van der Waals surface area contributed by atoms with Gasteiger partial charge in [-0.05, 0) is 24.6 Å². The maximum atomic E-state index is 12.5. The van der Waals surface area contributed by atoms with Crippen LogP contribution < -0.4 is 0 Å². The summed E-state index contributed by atoms with van der Waals surface area (Å²) < 4.78 is 15.5. The van der Waals surface area contributed by atoms with Gasteiger partial charge in [0.1, 0.15) is 25.3 Å². The highest BCUT2D eigenvalue weighted by Gasteiger charge is 2.25. The fraction of sp³-hybridized carbons (Fsp3) is 0.467. The first-order chi connectivity index (χ1) is 19.8. The molecule has 0 aliphatic carbocycles. The number of piperazine rings is 1. The van der Waals surface area contributed by atoms with Crippen LogP contribution in [-0.2, 0) is 29.4 Å². The molecule has 1 amide bonds. The van der Waals surface area contributed by atoms with E-state index in [9.17, 15) is 4.79 Å². The molecule has 1 aromatic carbocycles. The Morgan fingerprint density at radius 3 is 2.59 bits per heavy atom. The Morgan fingerprint density at radius 1 is 1.05 bits per heavy atom. The van der Waals surface area contributed by atoms with Crippen molar-refractivity contribution in [2.24, 2.45) is 0 Å². The minimum atomic E-state index is -1.12. The van der Waals surface area contributed by atoms with E-state index in [2.05, 4.69) is 58.8 Å². The lowest BCUT2D eigenvalue weighted by molar-refractivity contribution is 0.0591. The van der Waals surface area contributed by atoms with Crippen molar-refractivity contribution >= 4 is 25.2 Å². The molecule has 0 spiro atoms. The van der Waals surface area contributed by atoms with Gasteiger partial charge >= 0.3 is 6.09 Å². The number of nitrogens with zero attached hydrogens (tertiary/aromatic N) is 7. The van der Waals surface area contributed by atoms with Crippen LogP contribution in [0.3, 0.4) is 0 Å². The molecule has 10 nitrogen and oxygen atoms in total. The second-order valence-electron chi connectivity index (χ2n) is 12.0. The molecule has 1 aliphatic rings. The number of carbonyl (C=O) groups excluding carboxylic acids is 1. The average molecular weight is 576 g/mol. The molecule has 4 aromatic rings. The summed E-state index contributed by atoms with van der Waals surface area (Å²) in [6, 6.07) is 13.2. The Kier molecular flexibility index (Phi) is 9.16. The summed E-state index contributed by atoms with van der Waals surface area (Å²) in [6.07, 6.45) is 7.30. The molecular weight excluding hydrogens is 534 g/mol. The first kappa shape index (κ1) is 29.0. The van der Waals surface area contributed by atoms with Crippen LogP contribution in [0.5, 0.6) is 0 Å². The van der Waals surface area contributed by atoms with Crippen molar-refractivity contribution in [2.45, 2.75) is 58.5 Å². The largest absolute Gasteiger partial charge is 0.445 e. The molecule has 1 aliphatic heterocycles. The van der Waals surface area contributed by atoms with E-state index >= 15 is 0 Å². The molecule has 0 saturated carbocycles. The first-order valence-corrected chi connectivity index (χ1v) is 18.1. The number of rotatable bonds is 11. The molecule has 1 saturated heterocycles. The normalized spacial score (nSPS) is 15.4. The quantitative estimate of drug-likeness (QED) is 0.185. The number of amides is 1. The van der Waals surface area contributed by atoms with Crippen LogP contribution in [0, 0.1) is 0 Å². The molecule has 5 rings (SSSR count). The van der Waals surface area contributed by atoms with Crippen molar-refractivity contribution in [1.29, 1.82) is 0 Å². The van der Waals surface area contributed by atoms with Crippen LogP contribution >= 0.6 is 0 Å². The van der Waals surface area contributed by atoms with E-state index in [0.717, 1.165) is 60.1 Å². The molecular formula is C30H41N7O3Si. The summed E-state index contributed by atoms with van der Waals surface area (Å²) in [4.78, 5) is 25.8. The molecule has 1 unspecified atom stereocenters. The first-order valence-electron chi connectivity index (χ1n) is 14.4. The minimum Gasteiger partial charge on any atom is -0.445 e. The molecule has 1 fully saturated rings. The molecule has 0 radical (unpaired) electrons. The van der Waals surface area contributed by atoms with E-state index in [1.54, 1.807) is 11.2 Å². The molecule has 11 heteroatoms. The third-order valence-corrected chi connectivity index (χ3v) is 9.25. The predicted molar refractivity (Wildman–Crippen MR) is 162 cm³/mol. The van der Waals surface area contributed by atoms with E-state index in [1.807, 2.05) is 52.0 Å². The monoisotopic (exact) mass is 575 g/mol. The van der Waals surface area contributed by atoms with E-state index in [0.29, 0.717) is 26.4 Å². The van der Waals surface area contributed by atoms with Gasteiger partial charge in [0.15, 0.2) is 0 Å². The van der Waals surface area contributed by atoms with Crippen molar-refractivity contribution in [3.63, 3.8) is 0 Å². The molecule has 4 heterocycles. The van der Waals surface area contributed by atoms with Gasteiger partial charge in [0.2, 0.25) is 0 Å². The van der Waals surface area contributed by atoms with Gasteiger partial charge in [-0.1, -0.05) is 50.0 Å². The zero-order valence-corrected chi connectivity index (χ0v) is 25.6. The number of hydrogen-bond donors (Lipinski definition) is 0. The predicted octanol–water partition coefficient (Wildman–Crippen LogP) is 4.95. The Hall–Kier alpha value is -3.54. The molecule has 3 aromatic heterocycles. The lowest BCUT2D eigenvalue weighted by atomic mass is 10.2. The third kappa shape index (κ3) is 7.60. The molecule has 0 bridgehead atoms. The summed E-state index contributed by atoms with van der Waals surface area (Å²) in [6.45, 7) is 14.5. The van der Waals surface area contributed by atoms with E-state index < -0.39 is 8.07 Å². The van der Waals surface area contributed by atoms with Gasteiger partial charge in [0.25, 0.3) is 0 Å². The number of benzene rings is 1. The highest BCUT2D eigenvalue weighted by molar-refractivity contribution is 6.76. The van der Waals surface area contributed by atoms with Crippen molar-refractivity contribution in [3.8, 4) is 11.3 Å². The maximum absolute atomic E-state index is 12.5. The van der Waals surface area contributed by atoms with Crippen LogP contribution in [0.4, 0.5) is 4.79 Å². The zero-order valence-electron chi connectivity index (χ0n) is 24.6. The second-order valence-corrected chi connectivity index (χ2v) is 17.6. The summed E-state index contributed by atoms with van der Waals surface area (Å²) in [5.74, 6) is 0. The molecule has 0 N–H and O–H groups in total. The Morgan fingerprint density at radius 2 is 1.83 bits per heavy atom.